The molecule has 0 aliphatic carbocycles. The van der Waals surface area contributed by atoms with E-state index in [2.05, 4.69) is 19.9 Å². The highest BCUT2D eigenvalue weighted by molar-refractivity contribution is 7.86. The molecule has 15 heavy (non-hydrogen) atoms. The van der Waals surface area contributed by atoms with Crippen molar-refractivity contribution in [3.8, 4) is 0 Å². The summed E-state index contributed by atoms with van der Waals surface area (Å²) in [7, 11) is -3.31. The molecule has 0 aromatic carbocycles. The predicted molar refractivity (Wildman–Crippen MR) is 63.3 cm³/mol. The van der Waals surface area contributed by atoms with Crippen molar-refractivity contribution >= 4 is 10.1 Å². The topological polar surface area (TPSA) is 43.4 Å². The van der Waals surface area contributed by atoms with Crippen molar-refractivity contribution in [3.63, 3.8) is 0 Å². The first-order valence-electron chi connectivity index (χ1n) is 5.43. The summed E-state index contributed by atoms with van der Waals surface area (Å²) in [4.78, 5) is 0. The van der Waals surface area contributed by atoms with Gasteiger partial charge < -0.3 is 0 Å². The summed E-state index contributed by atoms with van der Waals surface area (Å²) < 4.78 is 26.8. The minimum absolute atomic E-state index is 0.180. The summed E-state index contributed by atoms with van der Waals surface area (Å²) in [5.74, 6) is 0. The first-order chi connectivity index (χ1) is 6.89. The molecule has 0 aromatic rings. The quantitative estimate of drug-likeness (QED) is 0.502. The molecule has 1 atom stereocenters. The van der Waals surface area contributed by atoms with Gasteiger partial charge in [0.1, 0.15) is 0 Å². The Hall–Kier alpha value is -0.350. The summed E-state index contributed by atoms with van der Waals surface area (Å²) in [6, 6.07) is 0. The van der Waals surface area contributed by atoms with Crippen LogP contribution in [0.5, 0.6) is 0 Å². The van der Waals surface area contributed by atoms with Crippen molar-refractivity contribution in [2.45, 2.75) is 52.6 Å². The molecule has 0 aliphatic rings. The van der Waals surface area contributed by atoms with Crippen LogP contribution in [-0.4, -0.2) is 20.8 Å². The largest absolute Gasteiger partial charge is 0.267 e. The van der Waals surface area contributed by atoms with Gasteiger partial charge in [0.2, 0.25) is 0 Å². The van der Waals surface area contributed by atoms with Crippen molar-refractivity contribution in [2.24, 2.45) is 0 Å². The van der Waals surface area contributed by atoms with Crippen LogP contribution in [0.3, 0.4) is 0 Å². The Morgan fingerprint density at radius 2 is 2.00 bits per heavy atom. The molecule has 0 N–H and O–H groups in total. The molecule has 0 fully saturated rings. The molecule has 3 nitrogen and oxygen atoms in total. The molecule has 1 unspecified atom stereocenters. The van der Waals surface area contributed by atoms with E-state index in [4.69, 9.17) is 4.18 Å². The lowest BCUT2D eigenvalue weighted by molar-refractivity contribution is 0.197. The molecule has 90 valence electrons. The SMILES string of the molecule is CC/C(C)=C/CCC(CC)OS(C)(=O)=O. The van der Waals surface area contributed by atoms with E-state index >= 15 is 0 Å². The normalized spacial score (nSPS) is 15.3. The van der Waals surface area contributed by atoms with Crippen LogP contribution in [-0.2, 0) is 14.3 Å². The number of allylic oxidation sites excluding steroid dienone is 2. The molecular weight excluding hydrogens is 212 g/mol. The minimum atomic E-state index is -3.31. The van der Waals surface area contributed by atoms with Gasteiger partial charge in [0.15, 0.2) is 0 Å². The number of hydrogen-bond donors (Lipinski definition) is 0. The summed E-state index contributed by atoms with van der Waals surface area (Å²) >= 11 is 0. The van der Waals surface area contributed by atoms with Crippen LogP contribution in [0.2, 0.25) is 0 Å². The summed E-state index contributed by atoms with van der Waals surface area (Å²) in [5, 5.41) is 0. The number of hydrogen-bond acceptors (Lipinski definition) is 3. The van der Waals surface area contributed by atoms with E-state index in [1.807, 2.05) is 6.92 Å². The second-order valence-corrected chi connectivity index (χ2v) is 5.41. The maximum Gasteiger partial charge on any atom is 0.264 e. The maximum absolute atomic E-state index is 10.9. The molecule has 0 saturated heterocycles. The van der Waals surface area contributed by atoms with Gasteiger partial charge in [0, 0.05) is 0 Å². The van der Waals surface area contributed by atoms with Gasteiger partial charge in [-0.25, -0.2) is 0 Å². The average molecular weight is 234 g/mol. The van der Waals surface area contributed by atoms with Crippen LogP contribution in [0, 0.1) is 0 Å². The van der Waals surface area contributed by atoms with E-state index in [0.29, 0.717) is 0 Å². The van der Waals surface area contributed by atoms with Gasteiger partial charge in [-0.1, -0.05) is 25.5 Å². The van der Waals surface area contributed by atoms with Crippen LogP contribution in [0.4, 0.5) is 0 Å². The lowest BCUT2D eigenvalue weighted by atomic mass is 10.1. The molecular formula is C11H22O3S. The van der Waals surface area contributed by atoms with Crippen LogP contribution in [0.15, 0.2) is 11.6 Å². The fourth-order valence-electron chi connectivity index (χ4n) is 1.23. The minimum Gasteiger partial charge on any atom is -0.267 e. The molecule has 0 bridgehead atoms. The first-order valence-corrected chi connectivity index (χ1v) is 7.24. The zero-order valence-electron chi connectivity index (χ0n) is 10.1. The van der Waals surface area contributed by atoms with Crippen LogP contribution in [0.1, 0.15) is 46.5 Å². The molecule has 0 aliphatic heterocycles. The van der Waals surface area contributed by atoms with Crippen LogP contribution in [0.25, 0.3) is 0 Å². The molecule has 4 heteroatoms. The fourth-order valence-corrected chi connectivity index (χ4v) is 1.95. The smallest absolute Gasteiger partial charge is 0.264 e. The Labute approximate surface area is 93.6 Å². The van der Waals surface area contributed by atoms with E-state index in [0.717, 1.165) is 31.9 Å². The molecule has 0 saturated carbocycles. The highest BCUT2D eigenvalue weighted by Crippen LogP contribution is 2.11. The maximum atomic E-state index is 10.9. The van der Waals surface area contributed by atoms with Gasteiger partial charge in [-0.15, -0.1) is 0 Å². The predicted octanol–water partition coefficient (Wildman–Crippen LogP) is 2.88. The zero-order valence-corrected chi connectivity index (χ0v) is 10.9. The third kappa shape index (κ3) is 8.63. The van der Waals surface area contributed by atoms with Gasteiger partial charge in [-0.3, -0.25) is 4.18 Å². The molecule has 0 amide bonds. The fraction of sp³-hybridized carbons (Fsp3) is 0.818. The van der Waals surface area contributed by atoms with Crippen LogP contribution < -0.4 is 0 Å². The van der Waals surface area contributed by atoms with Gasteiger partial charge in [0.25, 0.3) is 10.1 Å². The van der Waals surface area contributed by atoms with Gasteiger partial charge in [0.05, 0.1) is 12.4 Å². The van der Waals surface area contributed by atoms with E-state index in [1.165, 1.54) is 5.57 Å². The first kappa shape index (κ1) is 14.6. The van der Waals surface area contributed by atoms with Crippen molar-refractivity contribution in [1.82, 2.24) is 0 Å². The monoisotopic (exact) mass is 234 g/mol. The van der Waals surface area contributed by atoms with E-state index < -0.39 is 10.1 Å². The second kappa shape index (κ2) is 7.01. The molecule has 0 spiro atoms. The highest BCUT2D eigenvalue weighted by Gasteiger charge is 2.12. The zero-order chi connectivity index (χ0) is 11.9. The Morgan fingerprint density at radius 3 is 2.40 bits per heavy atom. The van der Waals surface area contributed by atoms with Crippen molar-refractivity contribution in [3.05, 3.63) is 11.6 Å². The van der Waals surface area contributed by atoms with Gasteiger partial charge in [-0.2, -0.15) is 8.42 Å². The number of rotatable bonds is 7. The van der Waals surface area contributed by atoms with Crippen molar-refractivity contribution < 1.29 is 12.6 Å². The van der Waals surface area contributed by atoms with E-state index in [1.54, 1.807) is 0 Å². The second-order valence-electron chi connectivity index (χ2n) is 3.81. The highest BCUT2D eigenvalue weighted by atomic mass is 32.2. The molecule has 0 rings (SSSR count). The Morgan fingerprint density at radius 1 is 1.40 bits per heavy atom. The Balaban J connectivity index is 4.02. The summed E-state index contributed by atoms with van der Waals surface area (Å²) in [6.07, 6.45) is 6.49. The van der Waals surface area contributed by atoms with E-state index in [-0.39, 0.29) is 6.10 Å². The lowest BCUT2D eigenvalue weighted by Crippen LogP contribution is -2.16. The van der Waals surface area contributed by atoms with E-state index in [9.17, 15) is 8.42 Å². The average Bonchev–Trinajstić information content (AvgIpc) is 2.14. The lowest BCUT2D eigenvalue weighted by Gasteiger charge is -2.12. The molecule has 0 radical (unpaired) electrons. The van der Waals surface area contributed by atoms with Crippen LogP contribution >= 0.6 is 0 Å². The van der Waals surface area contributed by atoms with Gasteiger partial charge >= 0.3 is 0 Å². The third-order valence-corrected chi connectivity index (χ3v) is 2.93. The van der Waals surface area contributed by atoms with Crippen molar-refractivity contribution in [1.29, 1.82) is 0 Å². The Bertz CT molecular complexity index is 291. The third-order valence-electron chi connectivity index (χ3n) is 2.31. The van der Waals surface area contributed by atoms with Gasteiger partial charge in [-0.05, 0) is 32.6 Å². The van der Waals surface area contributed by atoms with Crippen molar-refractivity contribution in [2.75, 3.05) is 6.26 Å². The summed E-state index contributed by atoms with van der Waals surface area (Å²) in [5.41, 5.74) is 1.34. The Kier molecular flexibility index (Phi) is 6.85. The molecule has 0 heterocycles. The molecule has 0 aromatic heterocycles. The standard InChI is InChI=1S/C11H22O3S/c1-5-10(3)8-7-9-11(6-2)14-15(4,12)13/h8,11H,5-7,9H2,1-4H3/b10-8+. The summed E-state index contributed by atoms with van der Waals surface area (Å²) in [6.45, 7) is 6.13.